The summed E-state index contributed by atoms with van der Waals surface area (Å²) in [5.74, 6) is 0. The molecule has 1 amide bonds. The van der Waals surface area contributed by atoms with Crippen LogP contribution in [0.15, 0.2) is 78.9 Å². The van der Waals surface area contributed by atoms with Gasteiger partial charge in [-0.2, -0.15) is 0 Å². The Balaban J connectivity index is 1.56. The van der Waals surface area contributed by atoms with Crippen LogP contribution in [0.5, 0.6) is 0 Å². The molecule has 32 heavy (non-hydrogen) atoms. The van der Waals surface area contributed by atoms with Gasteiger partial charge in [0.25, 0.3) is 0 Å². The molecular formula is C27H29N3O2. The Labute approximate surface area is 189 Å². The number of rotatable bonds is 5. The van der Waals surface area contributed by atoms with Gasteiger partial charge in [0.05, 0.1) is 6.17 Å². The van der Waals surface area contributed by atoms with Crippen LogP contribution in [-0.2, 0) is 18.5 Å². The first kappa shape index (κ1) is 20.6. The quantitative estimate of drug-likeness (QED) is 0.599. The van der Waals surface area contributed by atoms with Crippen molar-refractivity contribution < 1.29 is 9.90 Å². The molecule has 0 aliphatic carbocycles. The monoisotopic (exact) mass is 427 g/mol. The predicted molar refractivity (Wildman–Crippen MR) is 128 cm³/mol. The Kier molecular flexibility index (Phi) is 5.14. The molecule has 2 aliphatic heterocycles. The van der Waals surface area contributed by atoms with E-state index in [1.165, 1.54) is 27.3 Å². The van der Waals surface area contributed by atoms with Crippen molar-refractivity contribution in [2.45, 2.75) is 38.0 Å². The number of carbonyl (C=O) groups is 1. The number of benzene rings is 3. The van der Waals surface area contributed by atoms with Gasteiger partial charge in [-0.1, -0.05) is 67.6 Å². The van der Waals surface area contributed by atoms with Crippen LogP contribution in [-0.4, -0.2) is 35.9 Å². The summed E-state index contributed by atoms with van der Waals surface area (Å²) in [5.41, 5.74) is 5.72. The molecule has 0 bridgehead atoms. The molecule has 5 nitrogen and oxygen atoms in total. The third-order valence-electron chi connectivity index (χ3n) is 7.13. The number of nitrogens with zero attached hydrogens (tertiary/aromatic N) is 3. The van der Waals surface area contributed by atoms with Gasteiger partial charge in [0.1, 0.15) is 0 Å². The molecule has 164 valence electrons. The normalized spacial score (nSPS) is 21.9. The highest BCUT2D eigenvalue weighted by Crippen LogP contribution is 2.53. The van der Waals surface area contributed by atoms with Gasteiger partial charge in [-0.3, -0.25) is 9.80 Å². The highest BCUT2D eigenvalue weighted by atomic mass is 16.4. The second-order valence-corrected chi connectivity index (χ2v) is 9.15. The molecular weight excluding hydrogens is 398 g/mol. The lowest BCUT2D eigenvalue weighted by Crippen LogP contribution is -2.48. The van der Waals surface area contributed by atoms with Crippen LogP contribution >= 0.6 is 0 Å². The molecule has 3 aromatic carbocycles. The van der Waals surface area contributed by atoms with Gasteiger partial charge < -0.3 is 10.0 Å². The molecule has 1 fully saturated rings. The third-order valence-corrected chi connectivity index (χ3v) is 7.13. The number of hydrogen-bond donors (Lipinski definition) is 1. The number of anilines is 2. The highest BCUT2D eigenvalue weighted by molar-refractivity contribution is 5.86. The first-order valence-corrected chi connectivity index (χ1v) is 11.2. The van der Waals surface area contributed by atoms with E-state index in [1.807, 2.05) is 6.07 Å². The predicted octanol–water partition coefficient (Wildman–Crippen LogP) is 5.31. The second-order valence-electron chi connectivity index (χ2n) is 9.15. The van der Waals surface area contributed by atoms with E-state index in [2.05, 4.69) is 89.5 Å². The first-order chi connectivity index (χ1) is 15.5. The van der Waals surface area contributed by atoms with E-state index >= 15 is 0 Å². The van der Waals surface area contributed by atoms with Gasteiger partial charge in [-0.05, 0) is 41.3 Å². The molecule has 0 aromatic heterocycles. The van der Waals surface area contributed by atoms with Crippen molar-refractivity contribution in [1.82, 2.24) is 4.90 Å². The average Bonchev–Trinajstić information content (AvgIpc) is 3.26. The second kappa shape index (κ2) is 7.99. The van der Waals surface area contributed by atoms with E-state index in [1.54, 1.807) is 7.05 Å². The van der Waals surface area contributed by atoms with Gasteiger partial charge in [0, 0.05) is 43.5 Å². The van der Waals surface area contributed by atoms with E-state index in [9.17, 15) is 9.90 Å². The zero-order valence-electron chi connectivity index (χ0n) is 18.6. The standard InChI is InChI=1S/C27H29N3O2/c1-27-15-16-29(18-20-9-5-3-6-10-20)25(27)30(19-21-11-7-4-8-12-21)24-14-13-22(17-23(24)27)28(2)26(31)32/h3-14,17,25H,15-16,18-19H2,1-2H3,(H,31,32)/t25?,27-/m0/s1. The van der Waals surface area contributed by atoms with Gasteiger partial charge >= 0.3 is 6.09 Å². The molecule has 0 saturated carbocycles. The first-order valence-electron chi connectivity index (χ1n) is 11.2. The fourth-order valence-corrected chi connectivity index (χ4v) is 5.46. The maximum absolute atomic E-state index is 11.6. The number of amides is 1. The SMILES string of the molecule is CN(C(=O)O)c1ccc2c(c1)[C@]1(C)CCN(Cc3ccccc3)C1N2Cc1ccccc1. The van der Waals surface area contributed by atoms with Crippen LogP contribution in [0.3, 0.4) is 0 Å². The van der Waals surface area contributed by atoms with Crippen molar-refractivity contribution in [2.24, 2.45) is 0 Å². The Morgan fingerprint density at radius 2 is 1.62 bits per heavy atom. The fraction of sp³-hybridized carbons (Fsp3) is 0.296. The Morgan fingerprint density at radius 1 is 1.00 bits per heavy atom. The molecule has 0 spiro atoms. The number of hydrogen-bond acceptors (Lipinski definition) is 3. The molecule has 1 N–H and O–H groups in total. The zero-order chi connectivity index (χ0) is 22.3. The van der Waals surface area contributed by atoms with E-state index in [-0.39, 0.29) is 11.6 Å². The van der Waals surface area contributed by atoms with Crippen molar-refractivity contribution >= 4 is 17.5 Å². The third kappa shape index (κ3) is 3.43. The molecule has 1 unspecified atom stereocenters. The largest absolute Gasteiger partial charge is 0.465 e. The van der Waals surface area contributed by atoms with Crippen LogP contribution in [0, 0.1) is 0 Å². The topological polar surface area (TPSA) is 47.0 Å². The van der Waals surface area contributed by atoms with Crippen molar-refractivity contribution in [3.8, 4) is 0 Å². The van der Waals surface area contributed by atoms with E-state index in [0.29, 0.717) is 0 Å². The minimum Gasteiger partial charge on any atom is -0.465 e. The van der Waals surface area contributed by atoms with Crippen LogP contribution in [0.25, 0.3) is 0 Å². The van der Waals surface area contributed by atoms with Crippen molar-refractivity contribution in [1.29, 1.82) is 0 Å². The minimum atomic E-state index is -0.942. The van der Waals surface area contributed by atoms with Gasteiger partial charge in [0.2, 0.25) is 0 Å². The van der Waals surface area contributed by atoms with Crippen molar-refractivity contribution in [2.75, 3.05) is 23.4 Å². The lowest BCUT2D eigenvalue weighted by molar-refractivity contribution is 0.203. The summed E-state index contributed by atoms with van der Waals surface area (Å²) in [6.07, 6.45) is 0.328. The van der Waals surface area contributed by atoms with Gasteiger partial charge in [-0.15, -0.1) is 0 Å². The summed E-state index contributed by atoms with van der Waals surface area (Å²) in [6, 6.07) is 27.4. The maximum Gasteiger partial charge on any atom is 0.411 e. The average molecular weight is 428 g/mol. The number of fused-ring (bicyclic) bond motifs is 3. The summed E-state index contributed by atoms with van der Waals surface area (Å²) in [6.45, 7) is 5.09. The molecule has 1 saturated heterocycles. The molecule has 5 heteroatoms. The van der Waals surface area contributed by atoms with E-state index in [4.69, 9.17) is 0 Å². The van der Waals surface area contributed by atoms with Crippen LogP contribution < -0.4 is 9.80 Å². The van der Waals surface area contributed by atoms with Crippen molar-refractivity contribution in [3.05, 3.63) is 95.6 Å². The van der Waals surface area contributed by atoms with E-state index < -0.39 is 6.09 Å². The van der Waals surface area contributed by atoms with Gasteiger partial charge in [-0.25, -0.2) is 4.79 Å². The molecule has 2 atom stereocenters. The summed E-state index contributed by atoms with van der Waals surface area (Å²) in [4.78, 5) is 18.0. The highest BCUT2D eigenvalue weighted by Gasteiger charge is 2.54. The molecule has 5 rings (SSSR count). The van der Waals surface area contributed by atoms with E-state index in [0.717, 1.165) is 31.7 Å². The van der Waals surface area contributed by atoms with Gasteiger partial charge in [0.15, 0.2) is 0 Å². The fourth-order valence-electron chi connectivity index (χ4n) is 5.46. The molecule has 2 aliphatic rings. The number of carboxylic acid groups (broad SMARTS) is 1. The summed E-state index contributed by atoms with van der Waals surface area (Å²) in [7, 11) is 1.61. The van der Waals surface area contributed by atoms with Crippen LogP contribution in [0.2, 0.25) is 0 Å². The maximum atomic E-state index is 11.6. The minimum absolute atomic E-state index is 0.0613. The lowest BCUT2D eigenvalue weighted by Gasteiger charge is -2.37. The Morgan fingerprint density at radius 3 is 2.25 bits per heavy atom. The molecule has 0 radical (unpaired) electrons. The lowest BCUT2D eigenvalue weighted by atomic mass is 9.81. The number of likely N-dealkylation sites (tertiary alicyclic amines) is 1. The Hall–Kier alpha value is -3.31. The van der Waals surface area contributed by atoms with Crippen molar-refractivity contribution in [3.63, 3.8) is 0 Å². The molecule has 2 heterocycles. The Bertz CT molecular complexity index is 1120. The summed E-state index contributed by atoms with van der Waals surface area (Å²) in [5, 5.41) is 9.50. The van der Waals surface area contributed by atoms with Crippen LogP contribution in [0.1, 0.15) is 30.0 Å². The summed E-state index contributed by atoms with van der Waals surface area (Å²) >= 11 is 0. The van der Waals surface area contributed by atoms with Crippen LogP contribution in [0.4, 0.5) is 16.2 Å². The smallest absolute Gasteiger partial charge is 0.411 e. The molecule has 3 aromatic rings. The zero-order valence-corrected chi connectivity index (χ0v) is 18.6. The summed E-state index contributed by atoms with van der Waals surface area (Å²) < 4.78 is 0.